The summed E-state index contributed by atoms with van der Waals surface area (Å²) >= 11 is 7.54. The van der Waals surface area contributed by atoms with E-state index in [1.54, 1.807) is 24.1 Å². The van der Waals surface area contributed by atoms with Crippen LogP contribution in [0.1, 0.15) is 6.92 Å². The van der Waals surface area contributed by atoms with Gasteiger partial charge in [-0.2, -0.15) is 5.10 Å². The SMILES string of the molecule is CSc1ncncc1-n1cc(N(C)C(C)=O)c(Cl)n1. The second-order valence-corrected chi connectivity index (χ2v) is 4.90. The molecule has 0 aromatic carbocycles. The Kier molecular flexibility index (Phi) is 4.06. The van der Waals surface area contributed by atoms with E-state index in [-0.39, 0.29) is 11.1 Å². The number of nitrogens with zero attached hydrogens (tertiary/aromatic N) is 5. The lowest BCUT2D eigenvalue weighted by atomic mass is 10.4. The average Bonchev–Trinajstić information content (AvgIpc) is 2.79. The topological polar surface area (TPSA) is 63.9 Å². The normalized spacial score (nSPS) is 10.5. The molecule has 0 radical (unpaired) electrons. The fraction of sp³-hybridized carbons (Fsp3) is 0.273. The van der Waals surface area contributed by atoms with E-state index in [0.29, 0.717) is 5.69 Å². The van der Waals surface area contributed by atoms with Crippen molar-refractivity contribution in [2.45, 2.75) is 11.9 Å². The van der Waals surface area contributed by atoms with E-state index in [1.165, 1.54) is 29.9 Å². The molecule has 100 valence electrons. The molecule has 0 unspecified atom stereocenters. The van der Waals surface area contributed by atoms with Crippen molar-refractivity contribution in [3.8, 4) is 5.69 Å². The summed E-state index contributed by atoms with van der Waals surface area (Å²) in [5, 5.41) is 5.23. The molecular formula is C11H12ClN5OS. The van der Waals surface area contributed by atoms with Crippen LogP contribution in [0.15, 0.2) is 23.7 Å². The van der Waals surface area contributed by atoms with E-state index in [0.717, 1.165) is 10.7 Å². The van der Waals surface area contributed by atoms with Crippen LogP contribution >= 0.6 is 23.4 Å². The van der Waals surface area contributed by atoms with Crippen molar-refractivity contribution >= 4 is 35.0 Å². The molecule has 0 spiro atoms. The summed E-state index contributed by atoms with van der Waals surface area (Å²) in [5.74, 6) is -0.115. The first kappa shape index (κ1) is 13.8. The Morgan fingerprint density at radius 3 is 2.89 bits per heavy atom. The molecule has 0 atom stereocenters. The van der Waals surface area contributed by atoms with Gasteiger partial charge in [-0.25, -0.2) is 14.6 Å². The summed E-state index contributed by atoms with van der Waals surface area (Å²) in [5.41, 5.74) is 1.27. The van der Waals surface area contributed by atoms with Crippen LogP contribution in [0.3, 0.4) is 0 Å². The van der Waals surface area contributed by atoms with Gasteiger partial charge in [0.25, 0.3) is 0 Å². The number of carbonyl (C=O) groups excluding carboxylic acids is 1. The van der Waals surface area contributed by atoms with Crippen molar-refractivity contribution in [3.05, 3.63) is 23.9 Å². The zero-order chi connectivity index (χ0) is 14.0. The summed E-state index contributed by atoms with van der Waals surface area (Å²) < 4.78 is 1.57. The van der Waals surface area contributed by atoms with E-state index in [1.807, 2.05) is 6.26 Å². The fourth-order valence-corrected chi connectivity index (χ4v) is 2.25. The predicted molar refractivity (Wildman–Crippen MR) is 75.0 cm³/mol. The third kappa shape index (κ3) is 2.71. The smallest absolute Gasteiger partial charge is 0.223 e. The predicted octanol–water partition coefficient (Wildman–Crippen LogP) is 2.02. The number of amides is 1. The van der Waals surface area contributed by atoms with Crippen LogP contribution in [-0.4, -0.2) is 39.0 Å². The summed E-state index contributed by atoms with van der Waals surface area (Å²) in [7, 11) is 1.65. The molecule has 0 fully saturated rings. The largest absolute Gasteiger partial charge is 0.312 e. The first-order valence-corrected chi connectivity index (χ1v) is 6.98. The van der Waals surface area contributed by atoms with E-state index < -0.39 is 0 Å². The molecule has 8 heteroatoms. The molecule has 2 rings (SSSR count). The van der Waals surface area contributed by atoms with Gasteiger partial charge in [-0.05, 0) is 6.26 Å². The molecule has 0 bridgehead atoms. The Balaban J connectivity index is 2.48. The van der Waals surface area contributed by atoms with E-state index >= 15 is 0 Å². The number of rotatable bonds is 3. The van der Waals surface area contributed by atoms with Gasteiger partial charge < -0.3 is 4.90 Å². The first-order chi connectivity index (χ1) is 9.04. The number of thioether (sulfide) groups is 1. The fourth-order valence-electron chi connectivity index (χ4n) is 1.49. The molecule has 0 N–H and O–H groups in total. The Bertz CT molecular complexity index is 615. The second-order valence-electron chi connectivity index (χ2n) is 3.75. The van der Waals surface area contributed by atoms with Gasteiger partial charge in [0, 0.05) is 14.0 Å². The monoisotopic (exact) mass is 297 g/mol. The zero-order valence-corrected chi connectivity index (χ0v) is 12.2. The molecule has 0 aliphatic carbocycles. The molecule has 0 saturated carbocycles. The minimum absolute atomic E-state index is 0.115. The molecule has 19 heavy (non-hydrogen) atoms. The van der Waals surface area contributed by atoms with Crippen LogP contribution in [0.2, 0.25) is 5.15 Å². The van der Waals surface area contributed by atoms with Gasteiger partial charge in [0.05, 0.1) is 12.4 Å². The van der Waals surface area contributed by atoms with Gasteiger partial charge in [-0.1, -0.05) is 11.6 Å². The first-order valence-electron chi connectivity index (χ1n) is 5.38. The number of anilines is 1. The molecular weight excluding hydrogens is 286 g/mol. The van der Waals surface area contributed by atoms with Gasteiger partial charge in [0.1, 0.15) is 22.7 Å². The molecule has 0 aliphatic rings. The highest BCUT2D eigenvalue weighted by Crippen LogP contribution is 2.27. The van der Waals surface area contributed by atoms with E-state index in [2.05, 4.69) is 15.1 Å². The lowest BCUT2D eigenvalue weighted by Gasteiger charge is -2.11. The zero-order valence-electron chi connectivity index (χ0n) is 10.7. The van der Waals surface area contributed by atoms with Gasteiger partial charge in [-0.15, -0.1) is 11.8 Å². The van der Waals surface area contributed by atoms with Crippen molar-refractivity contribution in [1.82, 2.24) is 19.7 Å². The van der Waals surface area contributed by atoms with Gasteiger partial charge in [0.2, 0.25) is 5.91 Å². The molecule has 0 saturated heterocycles. The minimum atomic E-state index is -0.115. The summed E-state index contributed by atoms with van der Waals surface area (Å²) in [6.07, 6.45) is 6.73. The highest BCUT2D eigenvalue weighted by atomic mass is 35.5. The van der Waals surface area contributed by atoms with Crippen LogP contribution in [-0.2, 0) is 4.79 Å². The summed E-state index contributed by atoms with van der Waals surface area (Å²) in [6, 6.07) is 0. The molecule has 2 aromatic heterocycles. The van der Waals surface area contributed by atoms with Crippen molar-refractivity contribution < 1.29 is 4.79 Å². The van der Waals surface area contributed by atoms with Crippen LogP contribution in [0.25, 0.3) is 5.69 Å². The molecule has 1 amide bonds. The number of hydrogen-bond acceptors (Lipinski definition) is 5. The second kappa shape index (κ2) is 5.58. The van der Waals surface area contributed by atoms with Gasteiger partial charge in [0.15, 0.2) is 5.15 Å². The summed E-state index contributed by atoms with van der Waals surface area (Å²) in [6.45, 7) is 1.46. The third-order valence-electron chi connectivity index (χ3n) is 2.58. The summed E-state index contributed by atoms with van der Waals surface area (Å²) in [4.78, 5) is 20.9. The standard InChI is InChI=1S/C11H12ClN5OS/c1-7(18)16(2)9-5-17(15-10(9)12)8-4-13-6-14-11(8)19-3/h4-6H,1-3H3. The van der Waals surface area contributed by atoms with Crippen molar-refractivity contribution in [2.75, 3.05) is 18.2 Å². The molecule has 6 nitrogen and oxygen atoms in total. The highest BCUT2D eigenvalue weighted by molar-refractivity contribution is 7.98. The Morgan fingerprint density at radius 2 is 2.26 bits per heavy atom. The number of carbonyl (C=O) groups is 1. The maximum absolute atomic E-state index is 11.4. The van der Waals surface area contributed by atoms with Crippen molar-refractivity contribution in [2.24, 2.45) is 0 Å². The molecule has 0 aliphatic heterocycles. The highest BCUT2D eigenvalue weighted by Gasteiger charge is 2.16. The van der Waals surface area contributed by atoms with Gasteiger partial charge >= 0.3 is 0 Å². The molecule has 2 heterocycles. The van der Waals surface area contributed by atoms with Crippen LogP contribution in [0, 0.1) is 0 Å². The lowest BCUT2D eigenvalue weighted by Crippen LogP contribution is -2.22. The van der Waals surface area contributed by atoms with Crippen molar-refractivity contribution in [3.63, 3.8) is 0 Å². The number of aromatic nitrogens is 4. The van der Waals surface area contributed by atoms with Crippen molar-refractivity contribution in [1.29, 1.82) is 0 Å². The maximum atomic E-state index is 11.4. The minimum Gasteiger partial charge on any atom is -0.312 e. The van der Waals surface area contributed by atoms with Crippen LogP contribution < -0.4 is 4.90 Å². The Hall–Kier alpha value is -1.60. The molecule has 2 aromatic rings. The third-order valence-corrected chi connectivity index (χ3v) is 3.55. The number of hydrogen-bond donors (Lipinski definition) is 0. The maximum Gasteiger partial charge on any atom is 0.223 e. The van der Waals surface area contributed by atoms with Crippen LogP contribution in [0.5, 0.6) is 0 Å². The van der Waals surface area contributed by atoms with Gasteiger partial charge in [-0.3, -0.25) is 4.79 Å². The lowest BCUT2D eigenvalue weighted by molar-refractivity contribution is -0.116. The van der Waals surface area contributed by atoms with E-state index in [9.17, 15) is 4.79 Å². The van der Waals surface area contributed by atoms with Crippen LogP contribution in [0.4, 0.5) is 5.69 Å². The number of halogens is 1. The van der Waals surface area contributed by atoms with E-state index in [4.69, 9.17) is 11.6 Å². The Morgan fingerprint density at radius 1 is 1.53 bits per heavy atom. The quantitative estimate of drug-likeness (QED) is 0.640. The Labute approximate surface area is 119 Å². The average molecular weight is 298 g/mol.